The van der Waals surface area contributed by atoms with Crippen LogP contribution in [-0.4, -0.2) is 6.17 Å². The van der Waals surface area contributed by atoms with Crippen molar-refractivity contribution < 1.29 is 4.39 Å². The van der Waals surface area contributed by atoms with Gasteiger partial charge < -0.3 is 0 Å². The smallest absolute Gasteiger partial charge is 0.103 e. The second-order valence-corrected chi connectivity index (χ2v) is 11.6. The lowest BCUT2D eigenvalue weighted by molar-refractivity contribution is 0.0323. The van der Waals surface area contributed by atoms with Gasteiger partial charge in [-0.3, -0.25) is 0 Å². The van der Waals surface area contributed by atoms with E-state index in [2.05, 4.69) is 27.7 Å². The molecular formula is C27H49F. The van der Waals surface area contributed by atoms with Crippen molar-refractivity contribution in [3.05, 3.63) is 0 Å². The van der Waals surface area contributed by atoms with Gasteiger partial charge in [-0.2, -0.15) is 0 Å². The Morgan fingerprint density at radius 3 is 1.86 bits per heavy atom. The highest BCUT2D eigenvalue weighted by atomic mass is 19.1. The molecule has 3 fully saturated rings. The molecule has 3 saturated carbocycles. The zero-order chi connectivity index (χ0) is 20.1. The van der Waals surface area contributed by atoms with Crippen molar-refractivity contribution >= 4 is 0 Å². The van der Waals surface area contributed by atoms with Gasteiger partial charge in [0.05, 0.1) is 0 Å². The first-order valence-electron chi connectivity index (χ1n) is 13.1. The normalized spacial score (nSPS) is 41.1. The first-order valence-corrected chi connectivity index (χ1v) is 13.1. The van der Waals surface area contributed by atoms with Crippen molar-refractivity contribution in [2.75, 3.05) is 0 Å². The molecule has 4 unspecified atom stereocenters. The highest BCUT2D eigenvalue weighted by Gasteiger charge is 2.40. The molecule has 0 amide bonds. The molecule has 0 radical (unpaired) electrons. The van der Waals surface area contributed by atoms with Gasteiger partial charge in [0.2, 0.25) is 0 Å². The van der Waals surface area contributed by atoms with E-state index in [1.807, 2.05) is 0 Å². The fourth-order valence-corrected chi connectivity index (χ4v) is 7.25. The number of alkyl halides is 1. The van der Waals surface area contributed by atoms with Gasteiger partial charge in [0, 0.05) is 0 Å². The predicted molar refractivity (Wildman–Crippen MR) is 120 cm³/mol. The van der Waals surface area contributed by atoms with Crippen molar-refractivity contribution in [2.45, 2.75) is 124 Å². The van der Waals surface area contributed by atoms with E-state index in [-0.39, 0.29) is 0 Å². The molecule has 164 valence electrons. The van der Waals surface area contributed by atoms with Gasteiger partial charge in [-0.05, 0) is 112 Å². The highest BCUT2D eigenvalue weighted by Crippen LogP contribution is 2.48. The van der Waals surface area contributed by atoms with Gasteiger partial charge >= 0.3 is 0 Å². The lowest BCUT2D eigenvalue weighted by atomic mass is 9.63. The van der Waals surface area contributed by atoms with Crippen LogP contribution in [-0.2, 0) is 0 Å². The van der Waals surface area contributed by atoms with Crippen molar-refractivity contribution in [3.63, 3.8) is 0 Å². The molecule has 3 aliphatic rings. The molecule has 28 heavy (non-hydrogen) atoms. The first kappa shape index (κ1) is 22.6. The Balaban J connectivity index is 1.43. The van der Waals surface area contributed by atoms with E-state index in [0.29, 0.717) is 17.8 Å². The average molecular weight is 393 g/mol. The Kier molecular flexibility index (Phi) is 8.73. The molecule has 0 spiro atoms. The lowest BCUT2D eigenvalue weighted by Gasteiger charge is -2.43. The molecule has 3 aliphatic carbocycles. The summed E-state index contributed by atoms with van der Waals surface area (Å²) in [6.45, 7) is 9.41. The summed E-state index contributed by atoms with van der Waals surface area (Å²) in [6, 6.07) is 0. The first-order chi connectivity index (χ1) is 13.5. The van der Waals surface area contributed by atoms with E-state index in [4.69, 9.17) is 0 Å². The van der Waals surface area contributed by atoms with Crippen LogP contribution < -0.4 is 0 Å². The van der Waals surface area contributed by atoms with Gasteiger partial charge in [0.15, 0.2) is 0 Å². The third-order valence-electron chi connectivity index (χ3n) is 9.32. The van der Waals surface area contributed by atoms with E-state index in [1.165, 1.54) is 83.5 Å². The Morgan fingerprint density at radius 1 is 0.750 bits per heavy atom. The van der Waals surface area contributed by atoms with E-state index >= 15 is 4.39 Å². The molecule has 0 aromatic carbocycles. The average Bonchev–Trinajstić information content (AvgIpc) is 2.69. The van der Waals surface area contributed by atoms with Crippen LogP contribution >= 0.6 is 0 Å². The molecule has 0 aromatic heterocycles. The lowest BCUT2D eigenvalue weighted by Crippen LogP contribution is -2.36. The van der Waals surface area contributed by atoms with Crippen molar-refractivity contribution in [3.8, 4) is 0 Å². The minimum absolute atomic E-state index is 0.395. The summed E-state index contributed by atoms with van der Waals surface area (Å²) in [5, 5.41) is 0. The maximum absolute atomic E-state index is 15.3. The summed E-state index contributed by atoms with van der Waals surface area (Å²) in [7, 11) is 0. The summed E-state index contributed by atoms with van der Waals surface area (Å²) < 4.78 is 15.3. The molecule has 0 saturated heterocycles. The fraction of sp³-hybridized carbons (Fsp3) is 1.00. The zero-order valence-corrected chi connectivity index (χ0v) is 19.5. The topological polar surface area (TPSA) is 0 Å². The molecule has 3 rings (SSSR count). The summed E-state index contributed by atoms with van der Waals surface area (Å²) in [5.41, 5.74) is 0. The van der Waals surface area contributed by atoms with Gasteiger partial charge in [-0.25, -0.2) is 4.39 Å². The van der Waals surface area contributed by atoms with Crippen molar-refractivity contribution in [1.29, 1.82) is 0 Å². The Labute approximate surface area is 175 Å². The minimum Gasteiger partial charge on any atom is -0.247 e. The maximum atomic E-state index is 15.3. The monoisotopic (exact) mass is 392 g/mol. The number of hydrogen-bond donors (Lipinski definition) is 0. The molecule has 0 nitrogen and oxygen atoms in total. The van der Waals surface area contributed by atoms with Crippen LogP contribution in [0.2, 0.25) is 0 Å². The van der Waals surface area contributed by atoms with Crippen LogP contribution in [0.1, 0.15) is 118 Å². The Hall–Kier alpha value is -0.0700. The third-order valence-corrected chi connectivity index (χ3v) is 9.32. The van der Waals surface area contributed by atoms with Crippen LogP contribution in [0.25, 0.3) is 0 Å². The second-order valence-electron chi connectivity index (χ2n) is 11.6. The van der Waals surface area contributed by atoms with E-state index < -0.39 is 6.17 Å². The number of halogens is 1. The molecule has 1 heteroatoms. The predicted octanol–water partition coefficient (Wildman–Crippen LogP) is 8.84. The summed E-state index contributed by atoms with van der Waals surface area (Å²) >= 11 is 0. The summed E-state index contributed by atoms with van der Waals surface area (Å²) in [6.07, 6.45) is 18.1. The molecular weight excluding hydrogens is 343 g/mol. The SMILES string of the molecule is CCC(CCC(C)C)C1CCC(C2CCC(C3CCC(C)CC3)CC2)C(F)C1. The maximum Gasteiger partial charge on any atom is 0.103 e. The van der Waals surface area contributed by atoms with Crippen LogP contribution in [0, 0.1) is 47.3 Å². The summed E-state index contributed by atoms with van der Waals surface area (Å²) in [4.78, 5) is 0. The third kappa shape index (κ3) is 5.98. The van der Waals surface area contributed by atoms with Gasteiger partial charge in [-0.15, -0.1) is 0 Å². The molecule has 0 bridgehead atoms. The second kappa shape index (κ2) is 10.8. The van der Waals surface area contributed by atoms with E-state index in [1.54, 1.807) is 0 Å². The van der Waals surface area contributed by atoms with Gasteiger partial charge in [0.25, 0.3) is 0 Å². The quantitative estimate of drug-likeness (QED) is 0.406. The number of hydrogen-bond acceptors (Lipinski definition) is 0. The van der Waals surface area contributed by atoms with Crippen molar-refractivity contribution in [1.82, 2.24) is 0 Å². The van der Waals surface area contributed by atoms with E-state index in [9.17, 15) is 0 Å². The minimum atomic E-state index is -0.510. The zero-order valence-electron chi connectivity index (χ0n) is 19.5. The van der Waals surface area contributed by atoms with Crippen LogP contribution in [0.15, 0.2) is 0 Å². The largest absolute Gasteiger partial charge is 0.247 e. The Bertz CT molecular complexity index is 428. The fourth-order valence-electron chi connectivity index (χ4n) is 7.25. The standard InChI is InChI=1S/C27H49F/c1-5-21(9-6-19(2)3)25-16-17-26(27(28)18-25)24-14-12-23(13-15-24)22-10-7-20(4)8-11-22/h19-27H,5-18H2,1-4H3. The Morgan fingerprint density at radius 2 is 1.32 bits per heavy atom. The highest BCUT2D eigenvalue weighted by molar-refractivity contribution is 4.90. The number of rotatable bonds is 7. The van der Waals surface area contributed by atoms with Crippen LogP contribution in [0.4, 0.5) is 4.39 Å². The summed E-state index contributed by atoms with van der Waals surface area (Å²) in [5.74, 6) is 6.24. The molecule has 0 N–H and O–H groups in total. The van der Waals surface area contributed by atoms with Crippen LogP contribution in [0.5, 0.6) is 0 Å². The van der Waals surface area contributed by atoms with Crippen molar-refractivity contribution in [2.24, 2.45) is 47.3 Å². The molecule has 0 aliphatic heterocycles. The van der Waals surface area contributed by atoms with Gasteiger partial charge in [0.1, 0.15) is 6.17 Å². The molecule has 0 aromatic rings. The van der Waals surface area contributed by atoms with E-state index in [0.717, 1.165) is 36.0 Å². The van der Waals surface area contributed by atoms with Crippen LogP contribution in [0.3, 0.4) is 0 Å². The molecule has 4 atom stereocenters. The van der Waals surface area contributed by atoms with Gasteiger partial charge in [-0.1, -0.05) is 53.4 Å². The molecule has 0 heterocycles.